The fraction of sp³-hybridized carbons (Fsp3) is 0.545. The van der Waals surface area contributed by atoms with Gasteiger partial charge in [-0.15, -0.1) is 22.9 Å². The lowest BCUT2D eigenvalue weighted by Gasteiger charge is -2.28. The van der Waals surface area contributed by atoms with Gasteiger partial charge in [-0.05, 0) is 32.2 Å². The van der Waals surface area contributed by atoms with E-state index >= 15 is 0 Å². The summed E-state index contributed by atoms with van der Waals surface area (Å²) in [5, 5.41) is 4.57. The first-order valence-corrected chi connectivity index (χ1v) is 6.28. The number of nitrogens with one attached hydrogen (secondary N) is 1. The third kappa shape index (κ3) is 2.89. The minimum atomic E-state index is -0.451. The highest BCUT2D eigenvalue weighted by Gasteiger charge is 2.28. The molecule has 0 aliphatic heterocycles. The molecule has 1 aromatic rings. The highest BCUT2D eigenvalue weighted by molar-refractivity contribution is 7.12. The summed E-state index contributed by atoms with van der Waals surface area (Å²) in [5.41, 5.74) is -0.451. The van der Waals surface area contributed by atoms with Gasteiger partial charge in [0, 0.05) is 0 Å². The van der Waals surface area contributed by atoms with Gasteiger partial charge >= 0.3 is 0 Å². The quantitative estimate of drug-likeness (QED) is 0.847. The first-order chi connectivity index (χ1) is 7.38. The predicted molar refractivity (Wildman–Crippen MR) is 67.7 cm³/mol. The molecule has 1 unspecified atom stereocenters. The van der Waals surface area contributed by atoms with Crippen molar-refractivity contribution in [2.24, 2.45) is 0 Å². The van der Waals surface area contributed by atoms with Crippen LogP contribution in [0, 0.1) is 0 Å². The number of rotatable bonds is 4. The molecule has 90 valence electrons. The Bertz CT molecular complexity index is 374. The molecule has 1 aromatic heterocycles. The summed E-state index contributed by atoms with van der Waals surface area (Å²) in [5.74, 6) is 0.449. The fourth-order valence-electron chi connectivity index (χ4n) is 1.07. The van der Waals surface area contributed by atoms with Gasteiger partial charge in [-0.3, -0.25) is 4.79 Å². The molecule has 0 aliphatic rings. The minimum absolute atomic E-state index is 0.149. The van der Waals surface area contributed by atoms with Crippen LogP contribution in [0.15, 0.2) is 11.4 Å². The van der Waals surface area contributed by atoms with Crippen LogP contribution in [0.1, 0.15) is 30.4 Å². The number of methoxy groups -OCH3 is 1. The van der Waals surface area contributed by atoms with Gasteiger partial charge in [-0.1, -0.05) is 0 Å². The van der Waals surface area contributed by atoms with E-state index in [0.29, 0.717) is 10.6 Å². The maximum absolute atomic E-state index is 12.0. The van der Waals surface area contributed by atoms with Crippen LogP contribution in [0.3, 0.4) is 0 Å². The van der Waals surface area contributed by atoms with Crippen LogP contribution >= 0.6 is 22.9 Å². The van der Waals surface area contributed by atoms with Crippen LogP contribution in [0.4, 0.5) is 0 Å². The summed E-state index contributed by atoms with van der Waals surface area (Å²) in [7, 11) is 1.55. The zero-order chi connectivity index (χ0) is 12.3. The second-order valence-electron chi connectivity index (χ2n) is 4.11. The maximum Gasteiger partial charge on any atom is 0.265 e. The molecule has 0 saturated carbocycles. The Morgan fingerprint density at radius 3 is 2.75 bits per heavy atom. The second-order valence-corrected chi connectivity index (χ2v) is 5.68. The van der Waals surface area contributed by atoms with Crippen molar-refractivity contribution >= 4 is 28.8 Å². The Labute approximate surface area is 105 Å². The summed E-state index contributed by atoms with van der Waals surface area (Å²) < 4.78 is 5.10. The van der Waals surface area contributed by atoms with Crippen molar-refractivity contribution < 1.29 is 9.53 Å². The number of hydrogen-bond acceptors (Lipinski definition) is 3. The van der Waals surface area contributed by atoms with Crippen LogP contribution in [-0.4, -0.2) is 23.9 Å². The zero-order valence-electron chi connectivity index (χ0n) is 9.83. The van der Waals surface area contributed by atoms with Gasteiger partial charge in [0.05, 0.1) is 18.0 Å². The van der Waals surface area contributed by atoms with Crippen molar-refractivity contribution in [1.29, 1.82) is 0 Å². The molecule has 0 aliphatic carbocycles. The smallest absolute Gasteiger partial charge is 0.265 e. The van der Waals surface area contributed by atoms with E-state index in [1.165, 1.54) is 11.3 Å². The van der Waals surface area contributed by atoms with E-state index in [0.717, 1.165) is 0 Å². The first kappa shape index (κ1) is 13.3. The average molecular weight is 262 g/mol. The molecule has 1 atom stereocenters. The van der Waals surface area contributed by atoms with Crippen LogP contribution in [0.5, 0.6) is 5.75 Å². The van der Waals surface area contributed by atoms with Crippen molar-refractivity contribution in [2.45, 2.75) is 31.7 Å². The normalized spacial score (nSPS) is 13.3. The van der Waals surface area contributed by atoms with E-state index < -0.39 is 5.54 Å². The molecule has 0 radical (unpaired) electrons. The Morgan fingerprint density at radius 2 is 2.25 bits per heavy atom. The van der Waals surface area contributed by atoms with E-state index in [2.05, 4.69) is 5.32 Å². The average Bonchev–Trinajstić information content (AvgIpc) is 2.64. The van der Waals surface area contributed by atoms with Crippen LogP contribution in [0.2, 0.25) is 0 Å². The number of amides is 1. The fourth-order valence-corrected chi connectivity index (χ4v) is 1.88. The molecular weight excluding hydrogens is 246 g/mol. The highest BCUT2D eigenvalue weighted by Crippen LogP contribution is 2.25. The largest absolute Gasteiger partial charge is 0.495 e. The number of alkyl halides is 1. The highest BCUT2D eigenvalue weighted by atomic mass is 35.5. The number of carbonyl (C=O) groups is 1. The third-order valence-electron chi connectivity index (χ3n) is 2.49. The standard InChI is InChI=1S/C11H16ClNO2S/c1-7(12)11(2,3)13-10(14)9-8(15-4)5-6-16-9/h5-7H,1-4H3,(H,13,14). The molecule has 1 N–H and O–H groups in total. The van der Waals surface area contributed by atoms with Gasteiger partial charge in [0.15, 0.2) is 0 Å². The van der Waals surface area contributed by atoms with Gasteiger partial charge in [-0.25, -0.2) is 0 Å². The van der Waals surface area contributed by atoms with Gasteiger partial charge in [0.2, 0.25) is 0 Å². The predicted octanol–water partition coefficient (Wildman–Crippen LogP) is 2.89. The molecule has 0 saturated heterocycles. The molecule has 1 heterocycles. The van der Waals surface area contributed by atoms with Gasteiger partial charge in [0.1, 0.15) is 10.6 Å². The van der Waals surface area contributed by atoms with E-state index in [1.54, 1.807) is 13.2 Å². The van der Waals surface area contributed by atoms with E-state index in [1.807, 2.05) is 26.2 Å². The lowest BCUT2D eigenvalue weighted by molar-refractivity contribution is 0.0914. The molecule has 0 fully saturated rings. The molecule has 0 spiro atoms. The molecule has 0 bridgehead atoms. The molecule has 16 heavy (non-hydrogen) atoms. The number of thiophene rings is 1. The van der Waals surface area contributed by atoms with E-state index in [4.69, 9.17) is 16.3 Å². The first-order valence-electron chi connectivity index (χ1n) is 4.96. The SMILES string of the molecule is COc1ccsc1C(=O)NC(C)(C)C(C)Cl. The molecule has 1 rings (SSSR count). The summed E-state index contributed by atoms with van der Waals surface area (Å²) in [6.07, 6.45) is 0. The zero-order valence-corrected chi connectivity index (χ0v) is 11.4. The van der Waals surface area contributed by atoms with Gasteiger partial charge in [-0.2, -0.15) is 0 Å². The van der Waals surface area contributed by atoms with Gasteiger partial charge in [0.25, 0.3) is 5.91 Å². The van der Waals surface area contributed by atoms with Gasteiger partial charge < -0.3 is 10.1 Å². The van der Waals surface area contributed by atoms with Crippen molar-refractivity contribution in [3.63, 3.8) is 0 Å². The number of halogens is 1. The third-order valence-corrected chi connectivity index (χ3v) is 3.93. The lowest BCUT2D eigenvalue weighted by atomic mass is 10.0. The Morgan fingerprint density at radius 1 is 1.62 bits per heavy atom. The van der Waals surface area contributed by atoms with Crippen LogP contribution in [-0.2, 0) is 0 Å². The van der Waals surface area contributed by atoms with Crippen molar-refractivity contribution in [3.8, 4) is 5.75 Å². The van der Waals surface area contributed by atoms with Crippen molar-refractivity contribution in [3.05, 3.63) is 16.3 Å². The summed E-state index contributed by atoms with van der Waals surface area (Å²) in [6.45, 7) is 5.64. The number of carbonyl (C=O) groups excluding carboxylic acids is 1. The molecule has 5 heteroatoms. The van der Waals surface area contributed by atoms with Crippen molar-refractivity contribution in [1.82, 2.24) is 5.32 Å². The summed E-state index contributed by atoms with van der Waals surface area (Å²) in [6, 6.07) is 1.77. The minimum Gasteiger partial charge on any atom is -0.495 e. The van der Waals surface area contributed by atoms with Crippen molar-refractivity contribution in [2.75, 3.05) is 7.11 Å². The Hall–Kier alpha value is -0.740. The summed E-state index contributed by atoms with van der Waals surface area (Å²) >= 11 is 7.36. The Balaban J connectivity index is 2.81. The molecule has 1 amide bonds. The number of hydrogen-bond donors (Lipinski definition) is 1. The molecule has 3 nitrogen and oxygen atoms in total. The van der Waals surface area contributed by atoms with E-state index in [-0.39, 0.29) is 11.3 Å². The number of ether oxygens (including phenoxy) is 1. The molecular formula is C11H16ClNO2S. The lowest BCUT2D eigenvalue weighted by Crippen LogP contribution is -2.48. The van der Waals surface area contributed by atoms with E-state index in [9.17, 15) is 4.79 Å². The maximum atomic E-state index is 12.0. The van der Waals surface area contributed by atoms with Crippen LogP contribution < -0.4 is 10.1 Å². The second kappa shape index (κ2) is 5.06. The molecule has 0 aromatic carbocycles. The topological polar surface area (TPSA) is 38.3 Å². The van der Waals surface area contributed by atoms with Crippen LogP contribution in [0.25, 0.3) is 0 Å². The Kier molecular flexibility index (Phi) is 4.21. The summed E-state index contributed by atoms with van der Waals surface area (Å²) in [4.78, 5) is 12.5. The monoisotopic (exact) mass is 261 g/mol.